The molecule has 0 saturated heterocycles. The Labute approximate surface area is 169 Å². The lowest BCUT2D eigenvalue weighted by Gasteiger charge is -2.22. The second-order valence-electron chi connectivity index (χ2n) is 6.65. The van der Waals surface area contributed by atoms with E-state index in [0.717, 1.165) is 35.8 Å². The monoisotopic (exact) mass is 392 g/mol. The molecule has 0 saturated carbocycles. The van der Waals surface area contributed by atoms with E-state index in [2.05, 4.69) is 63.6 Å². The predicted octanol–water partition coefficient (Wildman–Crippen LogP) is 4.24. The number of rotatable bonds is 7. The Morgan fingerprint density at radius 1 is 1.00 bits per heavy atom. The molecule has 0 radical (unpaired) electrons. The van der Waals surface area contributed by atoms with Gasteiger partial charge in [-0.05, 0) is 56.7 Å². The van der Waals surface area contributed by atoms with Crippen LogP contribution >= 0.6 is 0 Å². The maximum absolute atomic E-state index is 5.41. The van der Waals surface area contributed by atoms with E-state index in [-0.39, 0.29) is 6.79 Å². The van der Waals surface area contributed by atoms with Gasteiger partial charge in [0.2, 0.25) is 12.7 Å². The van der Waals surface area contributed by atoms with Crippen LogP contribution in [0.2, 0.25) is 0 Å². The number of nitrogens with zero attached hydrogens (tertiary/aromatic N) is 4. The van der Waals surface area contributed by atoms with E-state index >= 15 is 0 Å². The molecule has 2 aromatic carbocycles. The van der Waals surface area contributed by atoms with Crippen LogP contribution in [-0.4, -0.2) is 35.1 Å². The molecule has 0 fully saturated rings. The highest BCUT2D eigenvalue weighted by Gasteiger charge is 2.14. The van der Waals surface area contributed by atoms with Gasteiger partial charge in [-0.15, -0.1) is 5.10 Å². The Balaban J connectivity index is 1.49. The normalized spacial score (nSPS) is 12.0. The fourth-order valence-electron chi connectivity index (χ4n) is 3.23. The molecule has 0 bridgehead atoms. The molecule has 8 nitrogen and oxygen atoms in total. The van der Waals surface area contributed by atoms with Gasteiger partial charge >= 0.3 is 0 Å². The summed E-state index contributed by atoms with van der Waals surface area (Å²) in [4.78, 5) is 6.82. The fourth-order valence-corrected chi connectivity index (χ4v) is 3.23. The molecule has 1 aromatic heterocycles. The summed E-state index contributed by atoms with van der Waals surface area (Å²) in [5.74, 6) is 2.45. The minimum absolute atomic E-state index is 0.244. The number of hydrogen-bond donors (Lipinski definition) is 2. The van der Waals surface area contributed by atoms with Crippen molar-refractivity contribution in [1.29, 1.82) is 0 Å². The molecule has 4 rings (SSSR count). The Bertz CT molecular complexity index is 1010. The lowest BCUT2D eigenvalue weighted by Crippen LogP contribution is -2.21. The minimum Gasteiger partial charge on any atom is -0.454 e. The van der Waals surface area contributed by atoms with Crippen LogP contribution in [0.1, 0.15) is 19.4 Å². The zero-order valence-corrected chi connectivity index (χ0v) is 16.8. The van der Waals surface area contributed by atoms with Crippen LogP contribution in [0.15, 0.2) is 42.6 Å². The topological polar surface area (TPSA) is 84.4 Å². The first kappa shape index (κ1) is 18.8. The van der Waals surface area contributed by atoms with Crippen molar-refractivity contribution in [3.63, 3.8) is 0 Å². The van der Waals surface area contributed by atoms with Crippen LogP contribution in [-0.2, 0) is 0 Å². The first-order valence-electron chi connectivity index (χ1n) is 9.65. The van der Waals surface area contributed by atoms with Crippen LogP contribution < -0.4 is 25.0 Å². The molecule has 1 aliphatic rings. The van der Waals surface area contributed by atoms with Crippen molar-refractivity contribution in [2.75, 3.05) is 35.4 Å². The van der Waals surface area contributed by atoms with E-state index in [4.69, 9.17) is 9.47 Å². The maximum atomic E-state index is 5.41. The van der Waals surface area contributed by atoms with Gasteiger partial charge in [0.05, 0.1) is 6.20 Å². The summed E-state index contributed by atoms with van der Waals surface area (Å²) in [7, 11) is 0. The maximum Gasteiger partial charge on any atom is 0.249 e. The second-order valence-corrected chi connectivity index (χ2v) is 6.65. The van der Waals surface area contributed by atoms with Gasteiger partial charge in [-0.2, -0.15) is 10.1 Å². The number of ether oxygens (including phenoxy) is 2. The van der Waals surface area contributed by atoms with E-state index in [1.165, 1.54) is 5.69 Å². The summed E-state index contributed by atoms with van der Waals surface area (Å²) in [5, 5.41) is 14.6. The number of nitrogens with one attached hydrogen (secondary N) is 2. The molecular weight excluding hydrogens is 368 g/mol. The first-order valence-corrected chi connectivity index (χ1v) is 9.65. The lowest BCUT2D eigenvalue weighted by molar-refractivity contribution is 0.174. The number of aryl methyl sites for hydroxylation is 1. The predicted molar refractivity (Wildman–Crippen MR) is 114 cm³/mol. The van der Waals surface area contributed by atoms with Crippen molar-refractivity contribution in [3.05, 3.63) is 48.2 Å². The molecule has 0 spiro atoms. The molecule has 0 aliphatic carbocycles. The summed E-state index contributed by atoms with van der Waals surface area (Å²) < 4.78 is 10.7. The smallest absolute Gasteiger partial charge is 0.249 e. The lowest BCUT2D eigenvalue weighted by atomic mass is 10.1. The molecule has 2 heterocycles. The molecule has 0 unspecified atom stereocenters. The molecule has 0 atom stereocenters. The summed E-state index contributed by atoms with van der Waals surface area (Å²) in [6.07, 6.45) is 1.58. The summed E-state index contributed by atoms with van der Waals surface area (Å²) in [5.41, 5.74) is 4.10. The van der Waals surface area contributed by atoms with E-state index in [9.17, 15) is 0 Å². The van der Waals surface area contributed by atoms with Gasteiger partial charge < -0.3 is 25.0 Å². The third kappa shape index (κ3) is 4.16. The highest BCUT2D eigenvalue weighted by atomic mass is 16.7. The van der Waals surface area contributed by atoms with Crippen LogP contribution in [0, 0.1) is 6.92 Å². The zero-order valence-electron chi connectivity index (χ0n) is 16.8. The van der Waals surface area contributed by atoms with Gasteiger partial charge in [-0.1, -0.05) is 0 Å². The van der Waals surface area contributed by atoms with Gasteiger partial charge in [0.1, 0.15) is 0 Å². The second kappa shape index (κ2) is 8.22. The summed E-state index contributed by atoms with van der Waals surface area (Å²) in [6, 6.07) is 11.9. The van der Waals surface area contributed by atoms with Crippen LogP contribution in [0.5, 0.6) is 11.5 Å². The Kier molecular flexibility index (Phi) is 5.33. The Morgan fingerprint density at radius 3 is 2.62 bits per heavy atom. The van der Waals surface area contributed by atoms with Gasteiger partial charge in [0.15, 0.2) is 17.3 Å². The largest absolute Gasteiger partial charge is 0.454 e. The summed E-state index contributed by atoms with van der Waals surface area (Å²) in [6.45, 7) is 8.57. The highest BCUT2D eigenvalue weighted by Crippen LogP contribution is 2.35. The van der Waals surface area contributed by atoms with Gasteiger partial charge in [0.25, 0.3) is 0 Å². The van der Waals surface area contributed by atoms with Crippen molar-refractivity contribution in [3.8, 4) is 11.5 Å². The number of hydrogen-bond acceptors (Lipinski definition) is 8. The van der Waals surface area contributed by atoms with Crippen LogP contribution in [0.3, 0.4) is 0 Å². The van der Waals surface area contributed by atoms with E-state index in [1.807, 2.05) is 24.3 Å². The van der Waals surface area contributed by atoms with E-state index in [1.54, 1.807) is 6.20 Å². The third-order valence-electron chi connectivity index (χ3n) is 4.79. The Hall–Kier alpha value is -3.55. The molecule has 8 heteroatoms. The number of anilines is 5. The number of fused-ring (bicyclic) bond motifs is 1. The first-order chi connectivity index (χ1) is 14.2. The van der Waals surface area contributed by atoms with Crippen LogP contribution in [0.4, 0.5) is 28.8 Å². The third-order valence-corrected chi connectivity index (χ3v) is 4.79. The van der Waals surface area contributed by atoms with Gasteiger partial charge in [0, 0.05) is 36.2 Å². The van der Waals surface area contributed by atoms with Crippen molar-refractivity contribution < 1.29 is 9.47 Å². The average molecular weight is 392 g/mol. The van der Waals surface area contributed by atoms with Crippen molar-refractivity contribution in [2.45, 2.75) is 20.8 Å². The van der Waals surface area contributed by atoms with Crippen molar-refractivity contribution in [1.82, 2.24) is 15.2 Å². The number of aromatic nitrogens is 3. The van der Waals surface area contributed by atoms with Crippen LogP contribution in [0.25, 0.3) is 0 Å². The molecule has 29 heavy (non-hydrogen) atoms. The van der Waals surface area contributed by atoms with Gasteiger partial charge in [-0.3, -0.25) is 0 Å². The summed E-state index contributed by atoms with van der Waals surface area (Å²) >= 11 is 0. The molecule has 150 valence electrons. The molecule has 0 amide bonds. The minimum atomic E-state index is 0.244. The quantitative estimate of drug-likeness (QED) is 0.618. The molecule has 1 aliphatic heterocycles. The van der Waals surface area contributed by atoms with E-state index < -0.39 is 0 Å². The SMILES string of the molecule is CCN(CC)c1ccc(Nc2nncc(Nc3ccc4c(c3)OCO4)n2)c(C)c1. The highest BCUT2D eigenvalue weighted by molar-refractivity contribution is 5.66. The fraction of sp³-hybridized carbons (Fsp3) is 0.286. The standard InChI is InChI=1S/C21H24N6O2/c1-4-27(5-2)16-7-8-17(14(3)10-16)24-21-25-20(12-22-26-21)23-15-6-9-18-19(11-15)29-13-28-18/h6-12H,4-5,13H2,1-3H3,(H2,23,24,25,26). The average Bonchev–Trinajstić information content (AvgIpc) is 3.19. The van der Waals surface area contributed by atoms with Crippen molar-refractivity contribution in [2.24, 2.45) is 0 Å². The van der Waals surface area contributed by atoms with Crippen molar-refractivity contribution >= 4 is 28.8 Å². The molecule has 2 N–H and O–H groups in total. The zero-order chi connectivity index (χ0) is 20.2. The number of benzene rings is 2. The Morgan fingerprint density at radius 2 is 1.83 bits per heavy atom. The molecule has 3 aromatic rings. The molecular formula is C21H24N6O2. The van der Waals surface area contributed by atoms with Gasteiger partial charge in [-0.25, -0.2) is 0 Å². The van der Waals surface area contributed by atoms with E-state index in [0.29, 0.717) is 17.5 Å².